The Balaban J connectivity index is 0. The van der Waals surface area contributed by atoms with Crippen LogP contribution in [0.2, 0.25) is 0 Å². The lowest BCUT2D eigenvalue weighted by atomic mass is 11.1. The molecule has 0 aromatic heterocycles. The maximum atomic E-state index is 4.86. The first-order valence-electron chi connectivity index (χ1n) is 1.31. The summed E-state index contributed by atoms with van der Waals surface area (Å²) in [6.07, 6.45) is 0. The van der Waals surface area contributed by atoms with E-state index in [1.54, 1.807) is 0 Å². The molecule has 0 fully saturated rings. The van der Waals surface area contributed by atoms with Crippen molar-refractivity contribution in [2.24, 2.45) is 22.5 Å². The van der Waals surface area contributed by atoms with E-state index in [0.717, 1.165) is 0 Å². The molecule has 0 unspecified atom stereocenters. The SMILES string of the molecule is C.NN=C(N)NN. The molecule has 0 aliphatic rings. The van der Waals surface area contributed by atoms with Gasteiger partial charge in [-0.25, -0.2) is 5.84 Å². The Kier molecular flexibility index (Phi) is 6.75. The Morgan fingerprint density at radius 2 is 2.00 bits per heavy atom. The second kappa shape index (κ2) is 5.03. The summed E-state index contributed by atoms with van der Waals surface area (Å²) in [5.74, 6) is 9.32. The lowest BCUT2D eigenvalue weighted by molar-refractivity contribution is 0.986. The predicted octanol–water partition coefficient (Wildman–Crippen LogP) is -1.73. The summed E-state index contributed by atoms with van der Waals surface area (Å²) < 4.78 is 0. The zero-order valence-electron chi connectivity index (χ0n) is 3.18. The molecule has 0 bridgehead atoms. The Morgan fingerprint density at radius 1 is 1.57 bits per heavy atom. The van der Waals surface area contributed by atoms with E-state index in [1.165, 1.54) is 0 Å². The standard InChI is InChI=1S/CH7N5.CH4/c2-1(5-3)6-4;/h3-4H2,(H3,2,5,6);1H4. The number of hydrogen-bond donors (Lipinski definition) is 4. The van der Waals surface area contributed by atoms with Gasteiger partial charge in [0.15, 0.2) is 0 Å². The zero-order valence-corrected chi connectivity index (χ0v) is 3.18. The van der Waals surface area contributed by atoms with Crippen LogP contribution in [0.3, 0.4) is 0 Å². The average Bonchev–Trinajstić information content (AvgIpc) is 1.65. The molecular formula is C2H11N5. The minimum Gasteiger partial charge on any atom is -0.367 e. The smallest absolute Gasteiger partial charge is 0.224 e. The summed E-state index contributed by atoms with van der Waals surface area (Å²) in [4.78, 5) is 0. The van der Waals surface area contributed by atoms with Crippen LogP contribution in [0.4, 0.5) is 0 Å². The lowest BCUT2D eigenvalue weighted by Crippen LogP contribution is -2.37. The van der Waals surface area contributed by atoms with Gasteiger partial charge in [-0.05, 0) is 0 Å². The van der Waals surface area contributed by atoms with E-state index in [0.29, 0.717) is 0 Å². The third-order valence-electron chi connectivity index (χ3n) is 0.287. The lowest BCUT2D eigenvalue weighted by Gasteiger charge is -1.89. The van der Waals surface area contributed by atoms with Crippen LogP contribution in [0.1, 0.15) is 7.43 Å². The Hall–Kier alpha value is -0.970. The number of nitrogens with zero attached hydrogens (tertiary/aromatic N) is 1. The van der Waals surface area contributed by atoms with E-state index in [1.807, 2.05) is 5.43 Å². The largest absolute Gasteiger partial charge is 0.367 e. The quantitative estimate of drug-likeness (QED) is 0.127. The van der Waals surface area contributed by atoms with Crippen LogP contribution in [0.5, 0.6) is 0 Å². The van der Waals surface area contributed by atoms with Crippen molar-refractivity contribution in [2.45, 2.75) is 7.43 Å². The van der Waals surface area contributed by atoms with Gasteiger partial charge >= 0.3 is 0 Å². The number of guanidine groups is 1. The van der Waals surface area contributed by atoms with Gasteiger partial charge in [0.05, 0.1) is 0 Å². The third kappa shape index (κ3) is 5.03. The molecule has 44 valence electrons. The van der Waals surface area contributed by atoms with Crippen LogP contribution in [0, 0.1) is 0 Å². The normalized spacial score (nSPS) is 9.57. The highest BCUT2D eigenvalue weighted by Crippen LogP contribution is 1.38. The number of nitrogens with one attached hydrogen (secondary N) is 1. The molecule has 0 amide bonds. The van der Waals surface area contributed by atoms with Gasteiger partial charge in [-0.3, -0.25) is 5.43 Å². The molecule has 0 rings (SSSR count). The van der Waals surface area contributed by atoms with Crippen LogP contribution >= 0.6 is 0 Å². The summed E-state index contributed by atoms with van der Waals surface area (Å²) in [6, 6.07) is 0. The van der Waals surface area contributed by atoms with E-state index in [2.05, 4.69) is 10.9 Å². The van der Waals surface area contributed by atoms with Crippen molar-refractivity contribution in [3.63, 3.8) is 0 Å². The molecule has 0 saturated heterocycles. The van der Waals surface area contributed by atoms with Crippen molar-refractivity contribution in [3.8, 4) is 0 Å². The number of nitrogens with two attached hydrogens (primary N) is 3. The van der Waals surface area contributed by atoms with Gasteiger partial charge in [0.1, 0.15) is 0 Å². The van der Waals surface area contributed by atoms with Crippen molar-refractivity contribution in [2.75, 3.05) is 0 Å². The molecule has 5 heteroatoms. The fraction of sp³-hybridized carbons (Fsp3) is 0.500. The van der Waals surface area contributed by atoms with Gasteiger partial charge in [-0.1, -0.05) is 7.43 Å². The minimum atomic E-state index is 0. The molecule has 0 saturated carbocycles. The highest BCUT2D eigenvalue weighted by Gasteiger charge is 1.73. The monoisotopic (exact) mass is 105 g/mol. The second-order valence-electron chi connectivity index (χ2n) is 0.659. The number of rotatable bonds is 0. The average molecular weight is 105 g/mol. The molecular weight excluding hydrogens is 94.1 g/mol. The van der Waals surface area contributed by atoms with Gasteiger partial charge in [0.2, 0.25) is 5.96 Å². The molecule has 7 heavy (non-hydrogen) atoms. The highest BCUT2D eigenvalue weighted by atomic mass is 15.3. The van der Waals surface area contributed by atoms with Crippen molar-refractivity contribution in [1.29, 1.82) is 0 Å². The van der Waals surface area contributed by atoms with Crippen LogP contribution in [-0.4, -0.2) is 5.96 Å². The molecule has 0 aromatic carbocycles. The van der Waals surface area contributed by atoms with Crippen LogP contribution in [0.15, 0.2) is 5.10 Å². The molecule has 0 spiro atoms. The fourth-order valence-electron chi connectivity index (χ4n) is 0.0373. The van der Waals surface area contributed by atoms with Gasteiger partial charge in [-0.2, -0.15) is 0 Å². The van der Waals surface area contributed by atoms with E-state index in [9.17, 15) is 0 Å². The first-order valence-corrected chi connectivity index (χ1v) is 1.31. The summed E-state index contributed by atoms with van der Waals surface area (Å²) in [6.45, 7) is 0. The Labute approximate surface area is 42.5 Å². The topological polar surface area (TPSA) is 102 Å². The first kappa shape index (κ1) is 9.39. The molecule has 0 aliphatic heterocycles. The van der Waals surface area contributed by atoms with E-state index >= 15 is 0 Å². The van der Waals surface area contributed by atoms with Crippen LogP contribution in [-0.2, 0) is 0 Å². The summed E-state index contributed by atoms with van der Waals surface area (Å²) in [7, 11) is 0. The highest BCUT2D eigenvalue weighted by molar-refractivity contribution is 5.76. The van der Waals surface area contributed by atoms with Gasteiger partial charge in [0.25, 0.3) is 0 Å². The maximum absolute atomic E-state index is 4.86. The van der Waals surface area contributed by atoms with E-state index < -0.39 is 0 Å². The maximum Gasteiger partial charge on any atom is 0.224 e. The number of hydrazone groups is 1. The second-order valence-corrected chi connectivity index (χ2v) is 0.659. The molecule has 0 radical (unpaired) electrons. The first-order chi connectivity index (χ1) is 2.81. The molecule has 7 N–H and O–H groups in total. The predicted molar refractivity (Wildman–Crippen MR) is 29.9 cm³/mol. The summed E-state index contributed by atoms with van der Waals surface area (Å²) >= 11 is 0. The summed E-state index contributed by atoms with van der Waals surface area (Å²) in [5.41, 5.74) is 6.88. The minimum absolute atomic E-state index is 0. The van der Waals surface area contributed by atoms with E-state index in [4.69, 9.17) is 11.6 Å². The van der Waals surface area contributed by atoms with Crippen LogP contribution < -0.4 is 22.8 Å². The fourth-order valence-corrected chi connectivity index (χ4v) is 0.0373. The van der Waals surface area contributed by atoms with Crippen molar-refractivity contribution in [3.05, 3.63) is 0 Å². The Morgan fingerprint density at radius 3 is 2.00 bits per heavy atom. The zero-order chi connectivity index (χ0) is 4.99. The number of hydrazine groups is 1. The molecule has 5 nitrogen and oxygen atoms in total. The number of hydrogen-bond acceptors (Lipinski definition) is 3. The molecule has 0 aliphatic carbocycles. The molecule has 0 atom stereocenters. The van der Waals surface area contributed by atoms with Gasteiger partial charge in [0, 0.05) is 0 Å². The summed E-state index contributed by atoms with van der Waals surface area (Å²) in [5, 5.41) is 2.97. The van der Waals surface area contributed by atoms with Crippen molar-refractivity contribution < 1.29 is 0 Å². The third-order valence-corrected chi connectivity index (χ3v) is 0.287. The van der Waals surface area contributed by atoms with Crippen molar-refractivity contribution >= 4 is 5.96 Å². The Bertz CT molecular complexity index is 57.1. The molecule has 0 aromatic rings. The van der Waals surface area contributed by atoms with Crippen molar-refractivity contribution in [1.82, 2.24) is 5.43 Å². The van der Waals surface area contributed by atoms with Crippen LogP contribution in [0.25, 0.3) is 0 Å². The van der Waals surface area contributed by atoms with Gasteiger partial charge < -0.3 is 11.6 Å². The molecule has 0 heterocycles. The van der Waals surface area contributed by atoms with Gasteiger partial charge in [-0.15, -0.1) is 5.10 Å². The van der Waals surface area contributed by atoms with E-state index in [-0.39, 0.29) is 13.4 Å².